The van der Waals surface area contributed by atoms with Crippen LogP contribution in [0.5, 0.6) is 0 Å². The Morgan fingerprint density at radius 3 is 2.36 bits per heavy atom. The summed E-state index contributed by atoms with van der Waals surface area (Å²) in [5, 5.41) is 2.66. The molecular formula is C20H23N3O4S. The second-order valence-corrected chi connectivity index (χ2v) is 8.57. The first kappa shape index (κ1) is 20.0. The monoisotopic (exact) mass is 401 g/mol. The molecule has 1 atom stereocenters. The first-order valence-corrected chi connectivity index (χ1v) is 10.5. The lowest BCUT2D eigenvalue weighted by molar-refractivity contribution is -0.136. The van der Waals surface area contributed by atoms with Gasteiger partial charge in [0.2, 0.25) is 21.8 Å². The van der Waals surface area contributed by atoms with Crippen LogP contribution >= 0.6 is 0 Å². The highest BCUT2D eigenvalue weighted by Crippen LogP contribution is 2.22. The van der Waals surface area contributed by atoms with E-state index in [9.17, 15) is 18.0 Å². The van der Waals surface area contributed by atoms with Gasteiger partial charge in [-0.2, -0.15) is 4.31 Å². The van der Waals surface area contributed by atoms with Crippen molar-refractivity contribution in [1.29, 1.82) is 0 Å². The van der Waals surface area contributed by atoms with Crippen molar-refractivity contribution in [3.8, 4) is 0 Å². The molecule has 0 unspecified atom stereocenters. The quantitative estimate of drug-likeness (QED) is 0.789. The zero-order valence-electron chi connectivity index (χ0n) is 15.6. The van der Waals surface area contributed by atoms with Gasteiger partial charge in [-0.25, -0.2) is 8.42 Å². The number of carbonyl (C=O) groups is 2. The Hall–Kier alpha value is -2.71. The summed E-state index contributed by atoms with van der Waals surface area (Å²) >= 11 is 0. The molecule has 0 aliphatic carbocycles. The van der Waals surface area contributed by atoms with Crippen molar-refractivity contribution in [2.24, 2.45) is 0 Å². The highest BCUT2D eigenvalue weighted by Gasteiger charge is 2.40. The molecular weight excluding hydrogens is 378 g/mol. The van der Waals surface area contributed by atoms with Crippen LogP contribution in [0.4, 0.5) is 0 Å². The van der Waals surface area contributed by atoms with Gasteiger partial charge in [0.05, 0.1) is 11.3 Å². The summed E-state index contributed by atoms with van der Waals surface area (Å²) in [6, 6.07) is 16.4. The summed E-state index contributed by atoms with van der Waals surface area (Å²) in [5.74, 6) is -0.744. The summed E-state index contributed by atoms with van der Waals surface area (Å²) in [5.41, 5.74) is 0.959. The van der Waals surface area contributed by atoms with Crippen LogP contribution in [0.1, 0.15) is 12.0 Å². The molecule has 2 aromatic carbocycles. The SMILES string of the molecule is CN(Cc1ccccc1)C(=O)C[C@@H]1C(=O)NCCN1S(=O)(=O)c1ccccc1. The maximum absolute atomic E-state index is 13.0. The molecule has 3 rings (SSSR count). The van der Waals surface area contributed by atoms with E-state index in [-0.39, 0.29) is 30.3 Å². The van der Waals surface area contributed by atoms with Gasteiger partial charge in [-0.05, 0) is 17.7 Å². The number of rotatable bonds is 6. The van der Waals surface area contributed by atoms with Crippen molar-refractivity contribution >= 4 is 21.8 Å². The molecule has 7 nitrogen and oxygen atoms in total. The minimum absolute atomic E-state index is 0.111. The summed E-state index contributed by atoms with van der Waals surface area (Å²) in [7, 11) is -2.23. The fourth-order valence-electron chi connectivity index (χ4n) is 3.17. The van der Waals surface area contributed by atoms with Gasteiger partial charge < -0.3 is 10.2 Å². The normalized spacial score (nSPS) is 17.8. The molecule has 1 saturated heterocycles. The van der Waals surface area contributed by atoms with Crippen molar-refractivity contribution in [3.05, 3.63) is 66.2 Å². The van der Waals surface area contributed by atoms with E-state index < -0.39 is 22.0 Å². The summed E-state index contributed by atoms with van der Waals surface area (Å²) in [4.78, 5) is 26.7. The minimum atomic E-state index is -3.87. The van der Waals surface area contributed by atoms with Crippen LogP contribution in [0, 0.1) is 0 Å². The first-order chi connectivity index (χ1) is 13.4. The number of hydrogen-bond acceptors (Lipinski definition) is 4. The lowest BCUT2D eigenvalue weighted by Gasteiger charge is -2.34. The number of benzene rings is 2. The Balaban J connectivity index is 1.77. The molecule has 1 heterocycles. The van der Waals surface area contributed by atoms with E-state index in [1.54, 1.807) is 25.2 Å². The molecule has 0 saturated carbocycles. The number of piperazine rings is 1. The predicted molar refractivity (Wildman–Crippen MR) is 105 cm³/mol. The average Bonchev–Trinajstić information content (AvgIpc) is 2.70. The van der Waals surface area contributed by atoms with E-state index in [4.69, 9.17) is 0 Å². The van der Waals surface area contributed by atoms with Crippen LogP contribution < -0.4 is 5.32 Å². The van der Waals surface area contributed by atoms with Gasteiger partial charge in [-0.15, -0.1) is 0 Å². The van der Waals surface area contributed by atoms with Crippen LogP contribution in [-0.4, -0.2) is 55.6 Å². The van der Waals surface area contributed by atoms with Gasteiger partial charge in [-0.3, -0.25) is 9.59 Å². The van der Waals surface area contributed by atoms with Crippen LogP contribution in [-0.2, 0) is 26.2 Å². The molecule has 8 heteroatoms. The molecule has 1 fully saturated rings. The number of nitrogens with one attached hydrogen (secondary N) is 1. The van der Waals surface area contributed by atoms with Gasteiger partial charge in [0.1, 0.15) is 6.04 Å². The zero-order chi connectivity index (χ0) is 20.1. The second kappa shape index (κ2) is 8.53. The molecule has 0 bridgehead atoms. The third-order valence-corrected chi connectivity index (χ3v) is 6.61. The van der Waals surface area contributed by atoms with Gasteiger partial charge in [0, 0.05) is 26.7 Å². The smallest absolute Gasteiger partial charge is 0.243 e. The van der Waals surface area contributed by atoms with Crippen LogP contribution in [0.3, 0.4) is 0 Å². The van der Waals surface area contributed by atoms with Crippen LogP contribution in [0.15, 0.2) is 65.6 Å². The largest absolute Gasteiger partial charge is 0.353 e. The molecule has 0 aromatic heterocycles. The fourth-order valence-corrected chi connectivity index (χ4v) is 4.78. The standard InChI is InChI=1S/C20H23N3O4S/c1-22(15-16-8-4-2-5-9-16)19(24)14-18-20(25)21-12-13-23(18)28(26,27)17-10-6-3-7-11-17/h2-11,18H,12-15H2,1H3,(H,21,25)/t18-/m1/s1. The highest BCUT2D eigenvalue weighted by atomic mass is 32.2. The molecule has 0 radical (unpaired) electrons. The Kier molecular flexibility index (Phi) is 6.11. The van der Waals surface area contributed by atoms with E-state index in [2.05, 4.69) is 5.32 Å². The molecule has 0 spiro atoms. The minimum Gasteiger partial charge on any atom is -0.353 e. The third-order valence-electron chi connectivity index (χ3n) is 4.69. The van der Waals surface area contributed by atoms with Crippen molar-refractivity contribution < 1.29 is 18.0 Å². The summed E-state index contributed by atoms with van der Waals surface area (Å²) < 4.78 is 27.1. The number of carbonyl (C=O) groups excluding carboxylic acids is 2. The Morgan fingerprint density at radius 1 is 1.11 bits per heavy atom. The molecule has 1 aliphatic heterocycles. The molecule has 2 aromatic rings. The number of sulfonamides is 1. The number of nitrogens with zero attached hydrogens (tertiary/aromatic N) is 2. The van der Waals surface area contributed by atoms with Crippen molar-refractivity contribution in [3.63, 3.8) is 0 Å². The molecule has 1 N–H and O–H groups in total. The Bertz CT molecular complexity index is 932. The van der Waals surface area contributed by atoms with Crippen LogP contribution in [0.25, 0.3) is 0 Å². The van der Waals surface area contributed by atoms with E-state index >= 15 is 0 Å². The average molecular weight is 401 g/mol. The lowest BCUT2D eigenvalue weighted by atomic mass is 10.1. The Labute approximate surface area is 165 Å². The first-order valence-electron chi connectivity index (χ1n) is 9.02. The van der Waals surface area contributed by atoms with E-state index in [0.717, 1.165) is 9.87 Å². The van der Waals surface area contributed by atoms with E-state index in [1.165, 1.54) is 17.0 Å². The second-order valence-electron chi connectivity index (χ2n) is 6.68. The van der Waals surface area contributed by atoms with Gasteiger partial charge in [-0.1, -0.05) is 48.5 Å². The Morgan fingerprint density at radius 2 is 1.71 bits per heavy atom. The maximum atomic E-state index is 13.0. The van der Waals surface area contributed by atoms with Crippen molar-refractivity contribution in [1.82, 2.24) is 14.5 Å². The van der Waals surface area contributed by atoms with Crippen molar-refractivity contribution in [2.45, 2.75) is 23.9 Å². The number of hydrogen-bond donors (Lipinski definition) is 1. The molecule has 148 valence electrons. The lowest BCUT2D eigenvalue weighted by Crippen LogP contribution is -2.58. The number of amides is 2. The summed E-state index contributed by atoms with van der Waals surface area (Å²) in [6.07, 6.45) is -0.207. The third kappa shape index (κ3) is 4.40. The van der Waals surface area contributed by atoms with Gasteiger partial charge in [0.25, 0.3) is 0 Å². The topological polar surface area (TPSA) is 86.8 Å². The van der Waals surface area contributed by atoms with E-state index in [0.29, 0.717) is 6.54 Å². The maximum Gasteiger partial charge on any atom is 0.243 e. The zero-order valence-corrected chi connectivity index (χ0v) is 16.4. The summed E-state index contributed by atoms with van der Waals surface area (Å²) in [6.45, 7) is 0.734. The van der Waals surface area contributed by atoms with Gasteiger partial charge in [0.15, 0.2) is 0 Å². The molecule has 2 amide bonds. The predicted octanol–water partition coefficient (Wildman–Crippen LogP) is 1.22. The van der Waals surface area contributed by atoms with Crippen LogP contribution in [0.2, 0.25) is 0 Å². The van der Waals surface area contributed by atoms with Gasteiger partial charge >= 0.3 is 0 Å². The van der Waals surface area contributed by atoms with Crippen molar-refractivity contribution in [2.75, 3.05) is 20.1 Å². The highest BCUT2D eigenvalue weighted by molar-refractivity contribution is 7.89. The molecule has 1 aliphatic rings. The fraction of sp³-hybridized carbons (Fsp3) is 0.300. The molecule has 28 heavy (non-hydrogen) atoms. The van der Waals surface area contributed by atoms with E-state index in [1.807, 2.05) is 30.3 Å².